The number of hydrogen-bond donors (Lipinski definition) is 2. The second-order valence-corrected chi connectivity index (χ2v) is 7.12. The van der Waals surface area contributed by atoms with Gasteiger partial charge in [0, 0.05) is 11.8 Å². The molecule has 2 aromatic carbocycles. The van der Waals surface area contributed by atoms with E-state index in [9.17, 15) is 23.2 Å². The quantitative estimate of drug-likeness (QED) is 0.615. The zero-order chi connectivity index (χ0) is 22.2. The maximum absolute atomic E-state index is 14.8. The van der Waals surface area contributed by atoms with Gasteiger partial charge in [-0.15, -0.1) is 0 Å². The predicted octanol–water partition coefficient (Wildman–Crippen LogP) is 2.96. The Bertz CT molecular complexity index is 1260. The molecule has 7 nitrogen and oxygen atoms in total. The first-order valence-corrected chi connectivity index (χ1v) is 9.32. The fourth-order valence-electron chi connectivity index (χ4n) is 3.43. The lowest BCUT2D eigenvalue weighted by Crippen LogP contribution is -2.49. The number of rotatable bonds is 5. The van der Waals surface area contributed by atoms with Crippen LogP contribution in [-0.2, 0) is 16.9 Å². The molecule has 0 bridgehead atoms. The molecule has 1 fully saturated rings. The number of aryl methyl sites for hydroxylation is 1. The van der Waals surface area contributed by atoms with Crippen molar-refractivity contribution in [2.45, 2.75) is 19.0 Å². The number of benzene rings is 2. The van der Waals surface area contributed by atoms with Gasteiger partial charge in [0.15, 0.2) is 28.7 Å². The van der Waals surface area contributed by atoms with Crippen molar-refractivity contribution in [3.05, 3.63) is 93.9 Å². The Morgan fingerprint density at radius 2 is 1.71 bits per heavy atom. The molecule has 1 aliphatic heterocycles. The van der Waals surface area contributed by atoms with E-state index < -0.39 is 29.1 Å². The van der Waals surface area contributed by atoms with Crippen LogP contribution < -0.4 is 20.9 Å². The number of para-hydroxylation sites is 1. The van der Waals surface area contributed by atoms with Gasteiger partial charge in [0.2, 0.25) is 0 Å². The lowest BCUT2D eigenvalue weighted by molar-refractivity contribution is -0.124. The van der Waals surface area contributed by atoms with Crippen molar-refractivity contribution in [3.63, 3.8) is 0 Å². The maximum Gasteiger partial charge on any atom is 0.322 e. The van der Waals surface area contributed by atoms with Gasteiger partial charge < -0.3 is 14.6 Å². The first-order chi connectivity index (χ1) is 14.8. The van der Waals surface area contributed by atoms with E-state index in [2.05, 4.69) is 10.6 Å². The average molecular weight is 425 g/mol. The van der Waals surface area contributed by atoms with Crippen LogP contribution in [0.4, 0.5) is 13.6 Å². The molecule has 0 spiro atoms. The zero-order valence-corrected chi connectivity index (χ0v) is 16.3. The molecule has 1 aliphatic rings. The number of nitrogens with one attached hydrogen (secondary N) is 2. The molecule has 31 heavy (non-hydrogen) atoms. The summed E-state index contributed by atoms with van der Waals surface area (Å²) in [5.41, 5.74) is -1.52. The molecule has 3 amide bonds. The van der Waals surface area contributed by atoms with Gasteiger partial charge in [-0.1, -0.05) is 24.3 Å². The zero-order valence-electron chi connectivity index (χ0n) is 16.3. The molecule has 0 aliphatic carbocycles. The normalized spacial score (nSPS) is 17.9. The summed E-state index contributed by atoms with van der Waals surface area (Å²) < 4.78 is 35.2. The maximum atomic E-state index is 14.8. The third-order valence-corrected chi connectivity index (χ3v) is 5.04. The molecule has 1 aromatic heterocycles. The molecule has 158 valence electrons. The minimum Gasteiger partial charge on any atom is -0.451 e. The van der Waals surface area contributed by atoms with Crippen molar-refractivity contribution in [3.8, 4) is 11.5 Å². The number of halogens is 2. The van der Waals surface area contributed by atoms with Gasteiger partial charge in [0.25, 0.3) is 11.5 Å². The van der Waals surface area contributed by atoms with E-state index in [-0.39, 0.29) is 29.2 Å². The molecule has 4 rings (SSSR count). The third kappa shape index (κ3) is 3.65. The van der Waals surface area contributed by atoms with Crippen molar-refractivity contribution in [2.24, 2.45) is 0 Å². The molecular formula is C22H17F2N3O4. The summed E-state index contributed by atoms with van der Waals surface area (Å²) >= 11 is 0. The molecular weight excluding hydrogens is 408 g/mol. The summed E-state index contributed by atoms with van der Waals surface area (Å²) in [5, 5.41) is 4.64. The van der Waals surface area contributed by atoms with E-state index in [0.29, 0.717) is 5.56 Å². The molecule has 1 unspecified atom stereocenters. The second kappa shape index (κ2) is 7.67. The highest BCUT2D eigenvalue weighted by atomic mass is 19.1. The Hall–Kier alpha value is -4.01. The van der Waals surface area contributed by atoms with Gasteiger partial charge in [-0.3, -0.25) is 14.9 Å². The smallest absolute Gasteiger partial charge is 0.322 e. The van der Waals surface area contributed by atoms with Gasteiger partial charge in [-0.2, -0.15) is 0 Å². The molecule has 9 heteroatoms. The minimum absolute atomic E-state index is 0.0997. The molecule has 1 saturated heterocycles. The first kappa shape index (κ1) is 20.3. The Kier molecular flexibility index (Phi) is 5.02. The van der Waals surface area contributed by atoms with E-state index in [0.717, 1.165) is 6.07 Å². The molecule has 1 atom stereocenters. The fourth-order valence-corrected chi connectivity index (χ4v) is 3.43. The molecule has 2 heterocycles. The summed E-state index contributed by atoms with van der Waals surface area (Å²) in [6.07, 6.45) is 1.47. The van der Waals surface area contributed by atoms with Crippen LogP contribution in [0.1, 0.15) is 11.1 Å². The van der Waals surface area contributed by atoms with Crippen molar-refractivity contribution in [1.29, 1.82) is 0 Å². The number of carbonyl (C=O) groups is 2. The number of imide groups is 1. The van der Waals surface area contributed by atoms with E-state index >= 15 is 0 Å². The van der Waals surface area contributed by atoms with Gasteiger partial charge in [0.1, 0.15) is 0 Å². The van der Waals surface area contributed by atoms with E-state index in [4.69, 9.17) is 4.74 Å². The standard InChI is InChI=1S/C22H17F2N3O4/c1-13-5-4-10-27(19(13)28)12-22(20(29)25-21(30)26-22)14-8-9-18(16(24)11-14)31-17-7-3-2-6-15(17)23/h2-11H,12H2,1H3,(H2,25,26,29,30). The van der Waals surface area contributed by atoms with Gasteiger partial charge in [-0.25, -0.2) is 13.6 Å². The number of nitrogens with zero attached hydrogens (tertiary/aromatic N) is 1. The van der Waals surface area contributed by atoms with Crippen LogP contribution in [0.3, 0.4) is 0 Å². The highest BCUT2D eigenvalue weighted by Crippen LogP contribution is 2.32. The summed E-state index contributed by atoms with van der Waals surface area (Å²) in [5.74, 6) is -2.69. The van der Waals surface area contributed by atoms with E-state index in [1.165, 1.54) is 47.2 Å². The van der Waals surface area contributed by atoms with Crippen LogP contribution in [0.2, 0.25) is 0 Å². The highest BCUT2D eigenvalue weighted by molar-refractivity contribution is 6.07. The van der Waals surface area contributed by atoms with Crippen LogP contribution in [-0.4, -0.2) is 16.5 Å². The van der Waals surface area contributed by atoms with Crippen LogP contribution in [0.5, 0.6) is 11.5 Å². The first-order valence-electron chi connectivity index (χ1n) is 9.32. The van der Waals surface area contributed by atoms with Crippen molar-refractivity contribution in [1.82, 2.24) is 15.2 Å². The molecule has 3 aromatic rings. The van der Waals surface area contributed by atoms with Gasteiger partial charge in [0.05, 0.1) is 6.54 Å². The highest BCUT2D eigenvalue weighted by Gasteiger charge is 2.48. The number of pyridine rings is 1. The van der Waals surface area contributed by atoms with E-state index in [1.807, 2.05) is 0 Å². The third-order valence-electron chi connectivity index (χ3n) is 5.04. The topological polar surface area (TPSA) is 89.4 Å². The summed E-state index contributed by atoms with van der Waals surface area (Å²) in [4.78, 5) is 37.1. The van der Waals surface area contributed by atoms with Crippen LogP contribution in [0, 0.1) is 18.6 Å². The summed E-state index contributed by atoms with van der Waals surface area (Å²) in [6.45, 7) is 1.37. The number of ether oxygens (including phenoxy) is 1. The molecule has 0 saturated carbocycles. The van der Waals surface area contributed by atoms with Gasteiger partial charge >= 0.3 is 6.03 Å². The Morgan fingerprint density at radius 3 is 2.39 bits per heavy atom. The number of carbonyl (C=O) groups excluding carboxylic acids is 2. The molecule has 2 N–H and O–H groups in total. The lowest BCUT2D eigenvalue weighted by atomic mass is 9.89. The fraction of sp³-hybridized carbons (Fsp3) is 0.136. The average Bonchev–Trinajstić information content (AvgIpc) is 3.02. The van der Waals surface area contributed by atoms with Crippen molar-refractivity contribution < 1.29 is 23.1 Å². The predicted molar refractivity (Wildman–Crippen MR) is 107 cm³/mol. The van der Waals surface area contributed by atoms with Crippen molar-refractivity contribution >= 4 is 11.9 Å². The minimum atomic E-state index is -1.72. The molecule has 0 radical (unpaired) electrons. The summed E-state index contributed by atoms with van der Waals surface area (Å²) in [7, 11) is 0. The Labute approximate surface area is 175 Å². The number of urea groups is 1. The number of amides is 3. The van der Waals surface area contributed by atoms with Crippen LogP contribution in [0.25, 0.3) is 0 Å². The Morgan fingerprint density at radius 1 is 0.968 bits per heavy atom. The van der Waals surface area contributed by atoms with Crippen molar-refractivity contribution in [2.75, 3.05) is 0 Å². The van der Waals surface area contributed by atoms with E-state index in [1.54, 1.807) is 19.1 Å². The second-order valence-electron chi connectivity index (χ2n) is 7.12. The van der Waals surface area contributed by atoms with Gasteiger partial charge in [-0.05, 0) is 42.8 Å². The lowest BCUT2D eigenvalue weighted by Gasteiger charge is -2.27. The van der Waals surface area contributed by atoms with Crippen LogP contribution >= 0.6 is 0 Å². The monoisotopic (exact) mass is 425 g/mol. The van der Waals surface area contributed by atoms with Crippen LogP contribution in [0.15, 0.2) is 65.6 Å². The number of aromatic nitrogens is 1. The Balaban J connectivity index is 1.74. The SMILES string of the molecule is Cc1cccn(CC2(c3ccc(Oc4ccccc4F)c(F)c3)NC(=O)NC2=O)c1=O. The summed E-state index contributed by atoms with van der Waals surface area (Å²) in [6, 6.07) is 11.6. The largest absolute Gasteiger partial charge is 0.451 e. The number of hydrogen-bond acceptors (Lipinski definition) is 4.